The topological polar surface area (TPSA) is 133 Å². The van der Waals surface area contributed by atoms with Gasteiger partial charge in [0.05, 0.1) is 13.1 Å². The Hall–Kier alpha value is -3.34. The fourth-order valence-corrected chi connectivity index (χ4v) is 3.63. The van der Waals surface area contributed by atoms with Crippen LogP contribution in [0.15, 0.2) is 27.8 Å². The first-order valence-electron chi connectivity index (χ1n) is 10.2. The van der Waals surface area contributed by atoms with Crippen LogP contribution in [0, 0.1) is 11.6 Å². The van der Waals surface area contributed by atoms with Crippen molar-refractivity contribution in [1.82, 2.24) is 14.0 Å². The van der Waals surface area contributed by atoms with Crippen molar-refractivity contribution < 1.29 is 18.4 Å². The van der Waals surface area contributed by atoms with Gasteiger partial charge in [-0.3, -0.25) is 28.4 Å². The Labute approximate surface area is 183 Å². The van der Waals surface area contributed by atoms with Crippen molar-refractivity contribution in [1.29, 1.82) is 0 Å². The van der Waals surface area contributed by atoms with Crippen LogP contribution in [0.25, 0.3) is 0 Å². The average molecular weight is 451 g/mol. The molecule has 174 valence electrons. The smallest absolute Gasteiger partial charge is 0.332 e. The van der Waals surface area contributed by atoms with E-state index in [1.54, 1.807) is 6.92 Å². The van der Waals surface area contributed by atoms with Gasteiger partial charge < -0.3 is 11.5 Å². The van der Waals surface area contributed by atoms with Gasteiger partial charge in [-0.05, 0) is 50.6 Å². The third-order valence-electron chi connectivity index (χ3n) is 5.20. The highest BCUT2D eigenvalue weighted by Crippen LogP contribution is 2.14. The van der Waals surface area contributed by atoms with Crippen molar-refractivity contribution in [2.24, 2.45) is 5.73 Å². The van der Waals surface area contributed by atoms with Crippen LogP contribution in [0.1, 0.15) is 42.1 Å². The van der Waals surface area contributed by atoms with Crippen LogP contribution in [-0.2, 0) is 17.9 Å². The molecule has 1 fully saturated rings. The minimum absolute atomic E-state index is 0.0481. The van der Waals surface area contributed by atoms with E-state index in [1.165, 1.54) is 6.07 Å². The minimum atomic E-state index is -1.06. The second-order valence-corrected chi connectivity index (χ2v) is 7.32. The maximum atomic E-state index is 13.6. The molecule has 1 saturated heterocycles. The zero-order chi connectivity index (χ0) is 23.8. The maximum Gasteiger partial charge on any atom is 0.332 e. The number of aromatic nitrogens is 2. The number of hydrogen-bond acceptors (Lipinski definition) is 6. The SMILES string of the molecule is CCn1c(=O)c(C(=O)CN2CCCCC2)c(N)n(Cc2ccc(F)c(F)c2)c1=O.NC=O. The van der Waals surface area contributed by atoms with Crippen LogP contribution in [0.5, 0.6) is 0 Å². The molecule has 0 spiro atoms. The fraction of sp³-hybridized carbons (Fsp3) is 0.429. The molecule has 1 aliphatic heterocycles. The molecule has 32 heavy (non-hydrogen) atoms. The number of nitrogens with two attached hydrogens (primary N) is 2. The van der Waals surface area contributed by atoms with Gasteiger partial charge in [0, 0.05) is 6.54 Å². The van der Waals surface area contributed by atoms with Crippen molar-refractivity contribution in [2.45, 2.75) is 39.3 Å². The highest BCUT2D eigenvalue weighted by molar-refractivity contribution is 6.01. The molecular weight excluding hydrogens is 424 g/mol. The summed E-state index contributed by atoms with van der Waals surface area (Å²) < 4.78 is 28.7. The Balaban J connectivity index is 0.00000114. The van der Waals surface area contributed by atoms with E-state index < -0.39 is 28.7 Å². The van der Waals surface area contributed by atoms with Crippen molar-refractivity contribution in [3.8, 4) is 0 Å². The molecule has 1 aliphatic rings. The highest BCUT2D eigenvalue weighted by atomic mass is 19.2. The van der Waals surface area contributed by atoms with Gasteiger partial charge in [-0.15, -0.1) is 0 Å². The first kappa shape index (κ1) is 24.9. The van der Waals surface area contributed by atoms with Crippen LogP contribution in [0.2, 0.25) is 0 Å². The molecule has 1 aromatic carbocycles. The molecule has 3 rings (SSSR count). The number of likely N-dealkylation sites (tertiary alicyclic amines) is 1. The molecular formula is C21H27F2N5O4. The summed E-state index contributed by atoms with van der Waals surface area (Å²) in [5.41, 5.74) is 8.87. The number of piperidine rings is 1. The van der Waals surface area contributed by atoms with E-state index in [0.717, 1.165) is 53.6 Å². The van der Waals surface area contributed by atoms with Crippen LogP contribution >= 0.6 is 0 Å². The Morgan fingerprint density at radius 1 is 1.09 bits per heavy atom. The Bertz CT molecular complexity index is 1090. The van der Waals surface area contributed by atoms with Crippen molar-refractivity contribution in [2.75, 3.05) is 25.4 Å². The summed E-state index contributed by atoms with van der Waals surface area (Å²) in [7, 11) is 0. The van der Waals surface area contributed by atoms with Gasteiger partial charge in [-0.2, -0.15) is 0 Å². The van der Waals surface area contributed by atoms with E-state index in [4.69, 9.17) is 10.5 Å². The van der Waals surface area contributed by atoms with Gasteiger partial charge in [0.25, 0.3) is 5.56 Å². The normalized spacial score (nSPS) is 13.8. The molecule has 0 unspecified atom stereocenters. The zero-order valence-corrected chi connectivity index (χ0v) is 17.9. The summed E-state index contributed by atoms with van der Waals surface area (Å²) in [6.45, 7) is 3.06. The molecule has 0 aliphatic carbocycles. The Morgan fingerprint density at radius 2 is 1.72 bits per heavy atom. The van der Waals surface area contributed by atoms with Gasteiger partial charge in [-0.1, -0.05) is 12.5 Å². The van der Waals surface area contributed by atoms with E-state index in [1.807, 2.05) is 4.90 Å². The highest BCUT2D eigenvalue weighted by Gasteiger charge is 2.24. The lowest BCUT2D eigenvalue weighted by atomic mass is 10.1. The van der Waals surface area contributed by atoms with Gasteiger partial charge in [0.2, 0.25) is 6.41 Å². The van der Waals surface area contributed by atoms with Gasteiger partial charge in [0.15, 0.2) is 17.4 Å². The number of carbonyl (C=O) groups excluding carboxylic acids is 2. The van der Waals surface area contributed by atoms with Crippen molar-refractivity contribution in [3.05, 3.63) is 61.8 Å². The molecule has 0 atom stereocenters. The number of anilines is 1. The van der Waals surface area contributed by atoms with Crippen molar-refractivity contribution >= 4 is 18.0 Å². The average Bonchev–Trinajstić information content (AvgIpc) is 2.75. The lowest BCUT2D eigenvalue weighted by Gasteiger charge is -2.26. The molecule has 1 amide bonds. The first-order chi connectivity index (χ1) is 15.2. The maximum absolute atomic E-state index is 13.6. The summed E-state index contributed by atoms with van der Waals surface area (Å²) in [6, 6.07) is 3.23. The lowest BCUT2D eigenvalue weighted by molar-refractivity contribution is -0.106. The quantitative estimate of drug-likeness (QED) is 0.491. The largest absolute Gasteiger partial charge is 0.384 e. The van der Waals surface area contributed by atoms with E-state index in [-0.39, 0.29) is 43.0 Å². The number of Topliss-reactive ketones (excluding diaryl/α,β-unsaturated/α-hetero) is 1. The molecule has 2 aromatic rings. The number of rotatable bonds is 6. The lowest BCUT2D eigenvalue weighted by Crippen LogP contribution is -2.45. The number of halogens is 2. The predicted octanol–water partition coefficient (Wildman–Crippen LogP) is 0.709. The number of benzene rings is 1. The van der Waals surface area contributed by atoms with E-state index in [0.29, 0.717) is 0 Å². The Kier molecular flexibility index (Phi) is 8.82. The number of ketones is 1. The molecule has 0 saturated carbocycles. The summed E-state index contributed by atoms with van der Waals surface area (Å²) in [5, 5.41) is 0. The van der Waals surface area contributed by atoms with E-state index in [2.05, 4.69) is 5.73 Å². The second kappa shape index (κ2) is 11.3. The van der Waals surface area contributed by atoms with E-state index in [9.17, 15) is 23.2 Å². The molecule has 0 bridgehead atoms. The zero-order valence-electron chi connectivity index (χ0n) is 17.9. The second-order valence-electron chi connectivity index (χ2n) is 7.32. The summed E-state index contributed by atoms with van der Waals surface area (Å²) in [4.78, 5) is 48.9. The number of nitrogens with zero attached hydrogens (tertiary/aromatic N) is 3. The van der Waals surface area contributed by atoms with Crippen LogP contribution in [0.4, 0.5) is 14.6 Å². The number of amides is 1. The van der Waals surface area contributed by atoms with Crippen LogP contribution in [0.3, 0.4) is 0 Å². The first-order valence-corrected chi connectivity index (χ1v) is 10.2. The third kappa shape index (κ3) is 5.67. The van der Waals surface area contributed by atoms with Gasteiger partial charge >= 0.3 is 5.69 Å². The summed E-state index contributed by atoms with van der Waals surface area (Å²) >= 11 is 0. The number of hydrogen-bond donors (Lipinski definition) is 2. The standard InChI is InChI=1S/C20H24F2N4O3.CH3NO/c1-2-25-19(28)17(16(27)12-24-8-4-3-5-9-24)18(23)26(20(25)29)11-13-6-7-14(21)15(22)10-13;2-1-3/h6-7,10H,2-5,8-9,11-12,23H2,1H3;1H,(H2,2,3). The molecule has 11 heteroatoms. The predicted molar refractivity (Wildman–Crippen MR) is 115 cm³/mol. The summed E-state index contributed by atoms with van der Waals surface area (Å²) in [6.07, 6.45) is 3.32. The molecule has 9 nitrogen and oxygen atoms in total. The summed E-state index contributed by atoms with van der Waals surface area (Å²) in [5.74, 6) is -2.77. The number of carbonyl (C=O) groups is 2. The third-order valence-corrected chi connectivity index (χ3v) is 5.20. The number of primary amides is 1. The van der Waals surface area contributed by atoms with Gasteiger partial charge in [0.1, 0.15) is 11.4 Å². The van der Waals surface area contributed by atoms with Crippen molar-refractivity contribution in [3.63, 3.8) is 0 Å². The van der Waals surface area contributed by atoms with Crippen LogP contribution in [-0.4, -0.2) is 45.9 Å². The Morgan fingerprint density at radius 3 is 2.28 bits per heavy atom. The number of nitrogen functional groups attached to an aromatic ring is 1. The fourth-order valence-electron chi connectivity index (χ4n) is 3.63. The molecule has 2 heterocycles. The molecule has 4 N–H and O–H groups in total. The van der Waals surface area contributed by atoms with Crippen LogP contribution < -0.4 is 22.7 Å². The monoisotopic (exact) mass is 451 g/mol. The van der Waals surface area contributed by atoms with Gasteiger partial charge in [-0.25, -0.2) is 13.6 Å². The minimum Gasteiger partial charge on any atom is -0.384 e. The van der Waals surface area contributed by atoms with E-state index >= 15 is 0 Å². The molecule has 1 aromatic heterocycles. The molecule has 0 radical (unpaired) electrons.